The molecule has 2 N–H and O–H groups in total. The molecular weight excluding hydrogens is 398 g/mol. The Bertz CT molecular complexity index is 961. The third kappa shape index (κ3) is 5.76. The largest absolute Gasteiger partial charge is 0.343 e. The number of nitrogens with zero attached hydrogens (tertiary/aromatic N) is 1. The number of rotatable bonds is 6. The number of anilines is 1. The fourth-order valence-corrected chi connectivity index (χ4v) is 4.25. The molecule has 0 aromatic heterocycles. The van der Waals surface area contributed by atoms with Crippen molar-refractivity contribution in [3.63, 3.8) is 0 Å². The van der Waals surface area contributed by atoms with Gasteiger partial charge in [-0.15, -0.1) is 0 Å². The zero-order valence-corrected chi connectivity index (χ0v) is 18.1. The standard InChI is InChI=1S/C27H29N3O2/c31-26(20-25(21-10-4-1-5-11-21)22-12-6-2-7-13-22)30-18-16-24(17-19-30)29-27(32)28-23-14-8-3-9-15-23/h1-15,24-25H,16-20H2,(H2,28,29,32). The second-order valence-electron chi connectivity index (χ2n) is 8.20. The van der Waals surface area contributed by atoms with Gasteiger partial charge < -0.3 is 15.5 Å². The van der Waals surface area contributed by atoms with Crippen LogP contribution in [0, 0.1) is 0 Å². The molecule has 1 aliphatic rings. The number of carbonyl (C=O) groups is 2. The summed E-state index contributed by atoms with van der Waals surface area (Å²) in [5.41, 5.74) is 3.08. The van der Waals surface area contributed by atoms with Crippen LogP contribution in [0.3, 0.4) is 0 Å². The van der Waals surface area contributed by atoms with E-state index in [0.29, 0.717) is 19.5 Å². The zero-order chi connectivity index (χ0) is 22.2. The van der Waals surface area contributed by atoms with E-state index >= 15 is 0 Å². The van der Waals surface area contributed by atoms with E-state index in [0.717, 1.165) is 29.7 Å². The van der Waals surface area contributed by atoms with Crippen LogP contribution in [-0.4, -0.2) is 36.0 Å². The van der Waals surface area contributed by atoms with E-state index in [4.69, 9.17) is 0 Å². The van der Waals surface area contributed by atoms with Crippen LogP contribution in [0.15, 0.2) is 91.0 Å². The molecule has 0 unspecified atom stereocenters. The van der Waals surface area contributed by atoms with Crippen LogP contribution in [0.4, 0.5) is 10.5 Å². The van der Waals surface area contributed by atoms with Gasteiger partial charge in [-0.1, -0.05) is 78.9 Å². The molecule has 32 heavy (non-hydrogen) atoms. The molecule has 0 spiro atoms. The lowest BCUT2D eigenvalue weighted by atomic mass is 9.88. The summed E-state index contributed by atoms with van der Waals surface area (Å²) >= 11 is 0. The summed E-state index contributed by atoms with van der Waals surface area (Å²) in [7, 11) is 0. The molecule has 1 saturated heterocycles. The maximum absolute atomic E-state index is 13.2. The van der Waals surface area contributed by atoms with Crippen molar-refractivity contribution in [1.82, 2.24) is 10.2 Å². The van der Waals surface area contributed by atoms with Crippen molar-refractivity contribution < 1.29 is 9.59 Å². The highest BCUT2D eigenvalue weighted by Crippen LogP contribution is 2.29. The molecule has 0 saturated carbocycles. The van der Waals surface area contributed by atoms with Crippen molar-refractivity contribution in [2.75, 3.05) is 18.4 Å². The van der Waals surface area contributed by atoms with Gasteiger partial charge in [0.2, 0.25) is 5.91 Å². The van der Waals surface area contributed by atoms with Gasteiger partial charge in [-0.3, -0.25) is 4.79 Å². The quantitative estimate of drug-likeness (QED) is 0.580. The normalized spacial score (nSPS) is 14.2. The topological polar surface area (TPSA) is 61.4 Å². The fraction of sp³-hybridized carbons (Fsp3) is 0.259. The Morgan fingerprint density at radius 1 is 0.781 bits per heavy atom. The molecule has 5 nitrogen and oxygen atoms in total. The summed E-state index contributed by atoms with van der Waals surface area (Å²) in [4.78, 5) is 27.3. The monoisotopic (exact) mass is 427 g/mol. The molecule has 3 amide bonds. The highest BCUT2D eigenvalue weighted by Gasteiger charge is 2.26. The van der Waals surface area contributed by atoms with Gasteiger partial charge in [0, 0.05) is 37.2 Å². The van der Waals surface area contributed by atoms with Gasteiger partial charge in [0.15, 0.2) is 0 Å². The van der Waals surface area contributed by atoms with E-state index in [-0.39, 0.29) is 23.9 Å². The number of nitrogens with one attached hydrogen (secondary N) is 2. The summed E-state index contributed by atoms with van der Waals surface area (Å²) < 4.78 is 0. The minimum atomic E-state index is -0.200. The van der Waals surface area contributed by atoms with Crippen LogP contribution < -0.4 is 10.6 Å². The number of likely N-dealkylation sites (tertiary alicyclic amines) is 1. The Morgan fingerprint density at radius 3 is 1.81 bits per heavy atom. The van der Waals surface area contributed by atoms with Gasteiger partial charge in [-0.05, 0) is 36.1 Å². The summed E-state index contributed by atoms with van der Waals surface area (Å²) in [5.74, 6) is 0.201. The predicted molar refractivity (Wildman–Crippen MR) is 128 cm³/mol. The van der Waals surface area contributed by atoms with Crippen molar-refractivity contribution >= 4 is 17.6 Å². The maximum atomic E-state index is 13.2. The van der Waals surface area contributed by atoms with Gasteiger partial charge >= 0.3 is 6.03 Å². The highest BCUT2D eigenvalue weighted by molar-refractivity contribution is 5.89. The molecular formula is C27H29N3O2. The molecule has 0 atom stereocenters. The minimum absolute atomic E-state index is 0.0393. The Labute approximate surface area is 189 Å². The van der Waals surface area contributed by atoms with Crippen molar-refractivity contribution in [2.24, 2.45) is 0 Å². The third-order valence-corrected chi connectivity index (χ3v) is 6.00. The van der Waals surface area contributed by atoms with Gasteiger partial charge in [-0.25, -0.2) is 4.79 Å². The van der Waals surface area contributed by atoms with Crippen molar-refractivity contribution in [3.8, 4) is 0 Å². The van der Waals surface area contributed by atoms with Gasteiger partial charge in [0.05, 0.1) is 0 Å². The zero-order valence-electron chi connectivity index (χ0n) is 18.1. The maximum Gasteiger partial charge on any atom is 0.319 e. The smallest absolute Gasteiger partial charge is 0.319 e. The second-order valence-corrected chi connectivity index (χ2v) is 8.20. The predicted octanol–water partition coefficient (Wildman–Crippen LogP) is 5.02. The van der Waals surface area contributed by atoms with Gasteiger partial charge in [-0.2, -0.15) is 0 Å². The van der Waals surface area contributed by atoms with Crippen LogP contribution in [0.1, 0.15) is 36.3 Å². The van der Waals surface area contributed by atoms with E-state index in [1.54, 1.807) is 0 Å². The Balaban J connectivity index is 1.32. The van der Waals surface area contributed by atoms with Crippen LogP contribution in [0.25, 0.3) is 0 Å². The molecule has 0 aliphatic carbocycles. The third-order valence-electron chi connectivity index (χ3n) is 6.00. The van der Waals surface area contributed by atoms with Crippen LogP contribution in [0.5, 0.6) is 0 Å². The molecule has 5 heteroatoms. The average Bonchev–Trinajstić information content (AvgIpc) is 2.84. The molecule has 1 heterocycles. The SMILES string of the molecule is O=C(Nc1ccccc1)NC1CCN(C(=O)CC(c2ccccc2)c2ccccc2)CC1. The number of carbonyl (C=O) groups excluding carboxylic acids is 2. The molecule has 4 rings (SSSR count). The minimum Gasteiger partial charge on any atom is -0.343 e. The Kier molecular flexibility index (Phi) is 7.18. The first-order valence-corrected chi connectivity index (χ1v) is 11.2. The number of hydrogen-bond donors (Lipinski definition) is 2. The first-order valence-electron chi connectivity index (χ1n) is 11.2. The molecule has 0 bridgehead atoms. The molecule has 3 aromatic carbocycles. The first kappa shape index (κ1) is 21.6. The Morgan fingerprint density at radius 2 is 1.28 bits per heavy atom. The van der Waals surface area contributed by atoms with E-state index in [1.165, 1.54) is 0 Å². The van der Waals surface area contributed by atoms with Crippen LogP contribution in [-0.2, 0) is 4.79 Å². The highest BCUT2D eigenvalue weighted by atomic mass is 16.2. The number of amides is 3. The van der Waals surface area contributed by atoms with E-state index in [9.17, 15) is 9.59 Å². The lowest BCUT2D eigenvalue weighted by Crippen LogP contribution is -2.47. The second kappa shape index (κ2) is 10.6. The summed E-state index contributed by atoms with van der Waals surface area (Å²) in [6, 6.07) is 29.7. The number of benzene rings is 3. The van der Waals surface area contributed by atoms with E-state index in [1.807, 2.05) is 71.6 Å². The average molecular weight is 428 g/mol. The van der Waals surface area contributed by atoms with Crippen molar-refractivity contribution in [1.29, 1.82) is 0 Å². The lowest BCUT2D eigenvalue weighted by molar-refractivity contribution is -0.132. The van der Waals surface area contributed by atoms with E-state index < -0.39 is 0 Å². The number of piperidine rings is 1. The fourth-order valence-electron chi connectivity index (χ4n) is 4.25. The number of urea groups is 1. The summed E-state index contributed by atoms with van der Waals surface area (Å²) in [6.45, 7) is 1.32. The number of hydrogen-bond acceptors (Lipinski definition) is 2. The van der Waals surface area contributed by atoms with Gasteiger partial charge in [0.1, 0.15) is 0 Å². The van der Waals surface area contributed by atoms with Crippen molar-refractivity contribution in [3.05, 3.63) is 102 Å². The van der Waals surface area contributed by atoms with Crippen molar-refractivity contribution in [2.45, 2.75) is 31.2 Å². The Hall–Kier alpha value is -3.60. The van der Waals surface area contributed by atoms with Crippen LogP contribution in [0.2, 0.25) is 0 Å². The summed E-state index contributed by atoms with van der Waals surface area (Å²) in [5, 5.41) is 5.89. The van der Waals surface area contributed by atoms with E-state index in [2.05, 4.69) is 34.9 Å². The molecule has 1 aliphatic heterocycles. The molecule has 164 valence electrons. The molecule has 0 radical (unpaired) electrons. The molecule has 3 aromatic rings. The number of para-hydroxylation sites is 1. The lowest BCUT2D eigenvalue weighted by Gasteiger charge is -2.33. The summed E-state index contributed by atoms with van der Waals surface area (Å²) in [6.07, 6.45) is 1.96. The van der Waals surface area contributed by atoms with Crippen LogP contribution >= 0.6 is 0 Å². The van der Waals surface area contributed by atoms with Gasteiger partial charge in [0.25, 0.3) is 0 Å². The first-order chi connectivity index (χ1) is 15.7. The molecule has 1 fully saturated rings.